The molecule has 1 aromatic carbocycles. The first-order chi connectivity index (χ1) is 7.60. The average Bonchev–Trinajstić information content (AvgIpc) is 3.06. The van der Waals surface area contributed by atoms with E-state index in [1.165, 1.54) is 5.56 Å². The van der Waals surface area contributed by atoms with Crippen molar-refractivity contribution in [2.24, 2.45) is 5.73 Å². The van der Waals surface area contributed by atoms with E-state index in [4.69, 9.17) is 10.5 Å². The maximum Gasteiger partial charge on any atom is 0.124 e. The first kappa shape index (κ1) is 11.4. The van der Waals surface area contributed by atoms with E-state index in [9.17, 15) is 5.11 Å². The summed E-state index contributed by atoms with van der Waals surface area (Å²) >= 11 is 0. The highest BCUT2D eigenvalue weighted by atomic mass is 16.5. The summed E-state index contributed by atoms with van der Waals surface area (Å²) in [7, 11) is 1.62. The zero-order valence-corrected chi connectivity index (χ0v) is 9.86. The smallest absolute Gasteiger partial charge is 0.124 e. The topological polar surface area (TPSA) is 55.5 Å². The molecule has 0 amide bonds. The molecular formula is C13H19NO2. The molecule has 1 aliphatic carbocycles. The predicted octanol–water partition coefficient (Wildman–Crippen LogP) is 1.78. The normalized spacial score (nSPS) is 19.2. The van der Waals surface area contributed by atoms with Gasteiger partial charge in [0.15, 0.2) is 0 Å². The van der Waals surface area contributed by atoms with Crippen LogP contribution in [0.15, 0.2) is 18.2 Å². The van der Waals surface area contributed by atoms with Crippen LogP contribution in [-0.2, 0) is 6.42 Å². The van der Waals surface area contributed by atoms with Gasteiger partial charge in [0, 0.05) is 11.1 Å². The van der Waals surface area contributed by atoms with E-state index in [-0.39, 0.29) is 0 Å². The van der Waals surface area contributed by atoms with Crippen LogP contribution in [0.3, 0.4) is 0 Å². The largest absolute Gasteiger partial charge is 0.496 e. The molecule has 0 heterocycles. The van der Waals surface area contributed by atoms with Crippen LogP contribution in [0.1, 0.15) is 37.0 Å². The molecule has 0 spiro atoms. The Morgan fingerprint density at radius 3 is 2.69 bits per heavy atom. The Balaban J connectivity index is 2.36. The molecule has 1 atom stereocenters. The highest BCUT2D eigenvalue weighted by Gasteiger charge is 2.46. The number of benzene rings is 1. The molecule has 0 aliphatic heterocycles. The number of aliphatic hydroxyl groups excluding tert-OH is 1. The van der Waals surface area contributed by atoms with Crippen molar-refractivity contribution in [3.63, 3.8) is 0 Å². The predicted molar refractivity (Wildman–Crippen MR) is 63.5 cm³/mol. The van der Waals surface area contributed by atoms with Gasteiger partial charge in [-0.3, -0.25) is 0 Å². The number of aliphatic hydroxyl groups is 1. The number of hydrogen-bond acceptors (Lipinski definition) is 3. The van der Waals surface area contributed by atoms with Crippen molar-refractivity contribution < 1.29 is 9.84 Å². The number of rotatable bonds is 4. The zero-order valence-electron chi connectivity index (χ0n) is 9.86. The van der Waals surface area contributed by atoms with Gasteiger partial charge in [-0.15, -0.1) is 0 Å². The summed E-state index contributed by atoms with van der Waals surface area (Å²) in [6, 6.07) is 5.92. The summed E-state index contributed by atoms with van der Waals surface area (Å²) in [4.78, 5) is 0. The molecule has 1 aromatic rings. The van der Waals surface area contributed by atoms with Gasteiger partial charge in [0.2, 0.25) is 0 Å². The highest BCUT2D eigenvalue weighted by molar-refractivity contribution is 5.41. The van der Waals surface area contributed by atoms with Gasteiger partial charge in [0.05, 0.1) is 7.11 Å². The molecule has 0 bridgehead atoms. The molecule has 16 heavy (non-hydrogen) atoms. The first-order valence-corrected chi connectivity index (χ1v) is 5.74. The number of aryl methyl sites for hydroxylation is 1. The van der Waals surface area contributed by atoms with Gasteiger partial charge in [0.25, 0.3) is 0 Å². The highest BCUT2D eigenvalue weighted by Crippen LogP contribution is 2.45. The minimum absolute atomic E-state index is 0.431. The van der Waals surface area contributed by atoms with E-state index in [1.54, 1.807) is 7.11 Å². The third-order valence-corrected chi connectivity index (χ3v) is 3.37. The Labute approximate surface area is 96.2 Å². The van der Waals surface area contributed by atoms with Crippen molar-refractivity contribution in [3.8, 4) is 5.75 Å². The molecule has 1 aliphatic rings. The number of ether oxygens (including phenoxy) is 1. The molecule has 0 aromatic heterocycles. The Morgan fingerprint density at radius 1 is 1.50 bits per heavy atom. The maximum atomic E-state index is 10.2. The second kappa shape index (κ2) is 4.07. The van der Waals surface area contributed by atoms with Crippen molar-refractivity contribution >= 4 is 0 Å². The summed E-state index contributed by atoms with van der Waals surface area (Å²) in [6.45, 7) is 2.09. The lowest BCUT2D eigenvalue weighted by Gasteiger charge is -2.21. The van der Waals surface area contributed by atoms with Crippen molar-refractivity contribution in [2.75, 3.05) is 7.11 Å². The van der Waals surface area contributed by atoms with E-state index >= 15 is 0 Å². The van der Waals surface area contributed by atoms with Crippen LogP contribution in [0, 0.1) is 0 Å². The quantitative estimate of drug-likeness (QED) is 0.815. The lowest BCUT2D eigenvalue weighted by Crippen LogP contribution is -2.30. The van der Waals surface area contributed by atoms with Crippen molar-refractivity contribution in [1.82, 2.24) is 0 Å². The number of hydrogen-bond donors (Lipinski definition) is 2. The Bertz CT molecular complexity index is 386. The molecule has 2 rings (SSSR count). The van der Waals surface area contributed by atoms with Crippen LogP contribution in [0.25, 0.3) is 0 Å². The third kappa shape index (κ3) is 1.93. The molecule has 1 saturated carbocycles. The minimum atomic E-state index is -0.617. The zero-order chi connectivity index (χ0) is 11.8. The number of methoxy groups -OCH3 is 1. The van der Waals surface area contributed by atoms with Crippen LogP contribution in [0.5, 0.6) is 5.75 Å². The Kier molecular flexibility index (Phi) is 2.91. The molecule has 1 unspecified atom stereocenters. The van der Waals surface area contributed by atoms with Crippen LogP contribution < -0.4 is 10.5 Å². The molecule has 3 heteroatoms. The second-order valence-corrected chi connectivity index (χ2v) is 4.57. The molecule has 3 N–H and O–H groups in total. The van der Waals surface area contributed by atoms with Gasteiger partial charge >= 0.3 is 0 Å². The summed E-state index contributed by atoms with van der Waals surface area (Å²) < 4.78 is 5.27. The Morgan fingerprint density at radius 2 is 2.19 bits per heavy atom. The SMILES string of the molecule is CCc1ccc(OC)c(C(O)C2(N)CC2)c1. The van der Waals surface area contributed by atoms with Crippen molar-refractivity contribution in [1.29, 1.82) is 0 Å². The van der Waals surface area contributed by atoms with E-state index < -0.39 is 11.6 Å². The average molecular weight is 221 g/mol. The summed E-state index contributed by atoms with van der Waals surface area (Å²) in [6.07, 6.45) is 2.09. The van der Waals surface area contributed by atoms with E-state index in [1.807, 2.05) is 18.2 Å². The molecule has 88 valence electrons. The first-order valence-electron chi connectivity index (χ1n) is 5.74. The number of nitrogens with two attached hydrogens (primary N) is 1. The minimum Gasteiger partial charge on any atom is -0.496 e. The van der Waals surface area contributed by atoms with E-state index in [0.717, 1.165) is 30.6 Å². The van der Waals surface area contributed by atoms with Gasteiger partial charge in [0.1, 0.15) is 11.9 Å². The van der Waals surface area contributed by atoms with Crippen LogP contribution in [0.4, 0.5) is 0 Å². The molecular weight excluding hydrogens is 202 g/mol. The maximum absolute atomic E-state index is 10.2. The fourth-order valence-corrected chi connectivity index (χ4v) is 1.94. The van der Waals surface area contributed by atoms with Gasteiger partial charge in [-0.05, 0) is 37.0 Å². The summed E-state index contributed by atoms with van der Waals surface area (Å²) in [5.74, 6) is 0.724. The lowest BCUT2D eigenvalue weighted by molar-refractivity contribution is 0.132. The van der Waals surface area contributed by atoms with Crippen molar-refractivity contribution in [2.45, 2.75) is 37.8 Å². The van der Waals surface area contributed by atoms with Gasteiger partial charge in [-0.25, -0.2) is 0 Å². The molecule has 3 nitrogen and oxygen atoms in total. The molecule has 0 radical (unpaired) electrons. The summed E-state index contributed by atoms with van der Waals surface area (Å²) in [5, 5.41) is 10.2. The molecule has 1 fully saturated rings. The monoisotopic (exact) mass is 221 g/mol. The van der Waals surface area contributed by atoms with Crippen LogP contribution in [-0.4, -0.2) is 17.8 Å². The Hall–Kier alpha value is -1.06. The van der Waals surface area contributed by atoms with Gasteiger partial charge in [-0.1, -0.05) is 13.0 Å². The van der Waals surface area contributed by atoms with E-state index in [0.29, 0.717) is 0 Å². The summed E-state index contributed by atoms with van der Waals surface area (Å²) in [5.41, 5.74) is 7.62. The molecule has 0 saturated heterocycles. The second-order valence-electron chi connectivity index (χ2n) is 4.57. The van der Waals surface area contributed by atoms with Crippen LogP contribution >= 0.6 is 0 Å². The van der Waals surface area contributed by atoms with Gasteiger partial charge < -0.3 is 15.6 Å². The fraction of sp³-hybridized carbons (Fsp3) is 0.538. The van der Waals surface area contributed by atoms with E-state index in [2.05, 4.69) is 6.92 Å². The van der Waals surface area contributed by atoms with Crippen LogP contribution in [0.2, 0.25) is 0 Å². The fourth-order valence-electron chi connectivity index (χ4n) is 1.94. The van der Waals surface area contributed by atoms with Crippen molar-refractivity contribution in [3.05, 3.63) is 29.3 Å². The third-order valence-electron chi connectivity index (χ3n) is 3.37. The lowest BCUT2D eigenvalue weighted by atomic mass is 9.97. The standard InChI is InChI=1S/C13H19NO2/c1-3-9-4-5-11(16-2)10(8-9)12(15)13(14)6-7-13/h4-5,8,12,15H,3,6-7,14H2,1-2H3. The van der Waals surface area contributed by atoms with Gasteiger partial charge in [-0.2, -0.15) is 0 Å².